The van der Waals surface area contributed by atoms with Gasteiger partial charge in [0.15, 0.2) is 6.10 Å². The molecule has 0 saturated carbocycles. The van der Waals surface area contributed by atoms with Crippen molar-refractivity contribution >= 4 is 33.6 Å². The van der Waals surface area contributed by atoms with Crippen LogP contribution in [0.4, 0.5) is 0 Å². The molecule has 0 aliphatic rings. The van der Waals surface area contributed by atoms with Crippen LogP contribution in [0.3, 0.4) is 0 Å². The molecule has 0 radical (unpaired) electrons. The highest BCUT2D eigenvalue weighted by molar-refractivity contribution is 7.47. The average molecular weight is 1710 g/mol. The third-order valence-electron chi connectivity index (χ3n) is 21.1. The fraction of sp³-hybridized carbons (Fsp3) is 0.772. The van der Waals surface area contributed by atoms with Crippen molar-refractivity contribution in [3.8, 4) is 0 Å². The maximum absolute atomic E-state index is 13.0. The molecule has 0 heterocycles. The lowest BCUT2D eigenvalue weighted by atomic mass is 10.0. The molecule has 0 aromatic heterocycles. The molecule has 0 aromatic carbocycles. The fourth-order valence-corrected chi connectivity index (χ4v) is 15.3. The monoisotopic (exact) mass is 1710 g/mol. The van der Waals surface area contributed by atoms with Crippen LogP contribution in [0, 0.1) is 0 Å². The van der Waals surface area contributed by atoms with Gasteiger partial charge >= 0.3 is 33.6 Å². The average Bonchev–Trinajstić information content (AvgIpc) is 0.898. The van der Waals surface area contributed by atoms with Gasteiger partial charge in [0.1, 0.15) is 25.4 Å². The summed E-state index contributed by atoms with van der Waals surface area (Å²) in [5.74, 6) is -1.56. The predicted molar refractivity (Wildman–Crippen MR) is 500 cm³/mol. The molecule has 119 heavy (non-hydrogen) atoms. The number of unbranched alkanes of at least 4 members (excludes halogenated alkanes) is 50. The molecular formula is C101H180O16P2. The molecule has 0 aliphatic heterocycles. The first-order valence-electron chi connectivity index (χ1n) is 48.8. The molecule has 5 atom stereocenters. The third-order valence-corrected chi connectivity index (χ3v) is 23.0. The maximum Gasteiger partial charge on any atom is 0.472 e. The third kappa shape index (κ3) is 94.5. The second kappa shape index (κ2) is 93.1. The van der Waals surface area contributed by atoms with Gasteiger partial charge in [-0.1, -0.05) is 412 Å². The lowest BCUT2D eigenvalue weighted by Crippen LogP contribution is -2.30. The molecule has 0 spiro atoms. The molecule has 0 amide bonds. The number of carbonyl (C=O) groups excluding carboxylic acids is 3. The number of aliphatic hydroxyl groups excluding tert-OH is 2. The number of aliphatic hydroxyl groups is 2. The van der Waals surface area contributed by atoms with Crippen LogP contribution >= 0.6 is 15.6 Å². The highest BCUT2D eigenvalue weighted by Gasteiger charge is 2.30. The number of hydrogen-bond acceptors (Lipinski definition) is 14. The Hall–Kier alpha value is -4.05. The standard InChI is InChI=1S/C101H180O16P2/c1-4-7-10-13-16-19-22-25-28-30-32-34-36-38-40-42-44-46-47-49-51-52-54-56-58-60-62-64-67-69-72-75-78-81-84-87-99(104)111-90-96(102)91-113-118(107,108)114-92-97(103)93-115-119(109,110)116-95-98(117-101(106)89-86-83-80-77-74-71-66-27-24-21-18-15-12-9-6-3)94-112-100(105)88-85-82-79-76-73-70-68-65-63-61-59-57-55-53-50-48-45-43-41-39-37-35-33-31-29-26-23-20-17-14-11-8-5-2/h7,10,16-17,19-20,25-29,32-35,38-41,66,96-98,102-103H,4-6,8-9,11-15,18,21-24,30-31,36-37,42-65,67-95H2,1-3H3,(H,107,108)(H,109,110)/b10-7-,19-16-,20-17-,28-25-,29-26-,34-32-,35-33-,40-38-,41-39-,66-27-. The number of rotatable bonds is 93. The first-order valence-corrected chi connectivity index (χ1v) is 51.8. The summed E-state index contributed by atoms with van der Waals surface area (Å²) in [4.78, 5) is 59.0. The molecule has 0 aliphatic carbocycles. The van der Waals surface area contributed by atoms with Gasteiger partial charge in [0.25, 0.3) is 0 Å². The second-order valence-corrected chi connectivity index (χ2v) is 35.7. The Kier molecular flexibility index (Phi) is 89.9. The van der Waals surface area contributed by atoms with Crippen molar-refractivity contribution in [2.24, 2.45) is 0 Å². The number of hydrogen-bond donors (Lipinski definition) is 4. The van der Waals surface area contributed by atoms with E-state index in [4.69, 9.17) is 32.3 Å². The SMILES string of the molecule is CC/C=C\C/C=C\C/C=C\C/C=C\C/C=C\CCCCCCCCCCCCCCCCCCCCCC(=O)OCC(O)COP(=O)(O)OCC(O)COP(=O)(O)OCC(COC(=O)CCCCCCCCCCCCCCCCCCC/C=C\C/C=C\C/C=C\C/C=C\CCCCC)OC(=O)CCCCCCC/C=C\CCCCCCCC. The highest BCUT2D eigenvalue weighted by Crippen LogP contribution is 2.45. The Morgan fingerprint density at radius 2 is 0.445 bits per heavy atom. The van der Waals surface area contributed by atoms with Crippen LogP contribution in [-0.2, 0) is 55.8 Å². The minimum absolute atomic E-state index is 0.0973. The lowest BCUT2D eigenvalue weighted by Gasteiger charge is -2.21. The summed E-state index contributed by atoms with van der Waals surface area (Å²) in [6.45, 7) is 2.61. The summed E-state index contributed by atoms with van der Waals surface area (Å²) in [5, 5.41) is 20.7. The number of esters is 3. The summed E-state index contributed by atoms with van der Waals surface area (Å²) in [6, 6.07) is 0. The molecule has 0 fully saturated rings. The minimum atomic E-state index is -4.94. The van der Waals surface area contributed by atoms with Crippen LogP contribution in [0.1, 0.15) is 445 Å². The van der Waals surface area contributed by atoms with Crippen molar-refractivity contribution in [2.75, 3.05) is 39.6 Å². The van der Waals surface area contributed by atoms with E-state index in [1.807, 2.05) is 0 Å². The van der Waals surface area contributed by atoms with E-state index in [1.54, 1.807) is 0 Å². The Balaban J connectivity index is 4.39. The van der Waals surface area contributed by atoms with Crippen LogP contribution in [0.15, 0.2) is 122 Å². The number of phosphoric acid groups is 2. The largest absolute Gasteiger partial charge is 0.472 e. The van der Waals surface area contributed by atoms with Crippen molar-refractivity contribution < 1.29 is 75.8 Å². The zero-order valence-corrected chi connectivity index (χ0v) is 78.1. The summed E-state index contributed by atoms with van der Waals surface area (Å²) < 4.78 is 61.5. The van der Waals surface area contributed by atoms with E-state index in [9.17, 15) is 43.5 Å². The van der Waals surface area contributed by atoms with E-state index in [0.717, 1.165) is 128 Å². The van der Waals surface area contributed by atoms with Crippen LogP contribution in [0.25, 0.3) is 0 Å². The molecule has 0 rings (SSSR count). The molecule has 4 N–H and O–H groups in total. The predicted octanol–water partition coefficient (Wildman–Crippen LogP) is 30.3. The number of phosphoric ester groups is 2. The normalized spacial score (nSPS) is 14.2. The van der Waals surface area contributed by atoms with E-state index in [1.165, 1.54) is 257 Å². The summed E-state index contributed by atoms with van der Waals surface area (Å²) in [7, 11) is -9.80. The molecule has 0 bridgehead atoms. The Labute approximate surface area is 729 Å². The summed E-state index contributed by atoms with van der Waals surface area (Å²) >= 11 is 0. The molecule has 5 unspecified atom stereocenters. The van der Waals surface area contributed by atoms with E-state index in [0.29, 0.717) is 19.3 Å². The maximum atomic E-state index is 13.0. The van der Waals surface area contributed by atoms with Gasteiger partial charge in [-0.15, -0.1) is 0 Å². The second-order valence-electron chi connectivity index (χ2n) is 32.8. The number of ether oxygens (including phenoxy) is 3. The molecule has 0 saturated heterocycles. The Morgan fingerprint density at radius 3 is 0.731 bits per heavy atom. The lowest BCUT2D eigenvalue weighted by molar-refractivity contribution is -0.161. The van der Waals surface area contributed by atoms with Gasteiger partial charge in [-0.05, 0) is 135 Å². The smallest absolute Gasteiger partial charge is 0.463 e. The first kappa shape index (κ1) is 115. The summed E-state index contributed by atoms with van der Waals surface area (Å²) in [5.41, 5.74) is 0. The fourth-order valence-electron chi connectivity index (χ4n) is 13.8. The quantitative estimate of drug-likeness (QED) is 0.0146. The number of carbonyl (C=O) groups is 3. The van der Waals surface area contributed by atoms with E-state index in [2.05, 4.69) is 142 Å². The summed E-state index contributed by atoms with van der Waals surface area (Å²) in [6.07, 6.45) is 116. The van der Waals surface area contributed by atoms with Gasteiger partial charge in [0, 0.05) is 19.3 Å². The minimum Gasteiger partial charge on any atom is -0.463 e. The van der Waals surface area contributed by atoms with Gasteiger partial charge in [-0.3, -0.25) is 32.5 Å². The van der Waals surface area contributed by atoms with Crippen molar-refractivity contribution in [1.82, 2.24) is 0 Å². The van der Waals surface area contributed by atoms with E-state index in [-0.39, 0.29) is 19.3 Å². The molecular weight excluding hydrogens is 1530 g/mol. The van der Waals surface area contributed by atoms with Gasteiger partial charge in [0.05, 0.1) is 26.4 Å². The van der Waals surface area contributed by atoms with E-state index >= 15 is 0 Å². The van der Waals surface area contributed by atoms with Gasteiger partial charge in [-0.2, -0.15) is 0 Å². The van der Waals surface area contributed by atoms with Crippen molar-refractivity contribution in [3.63, 3.8) is 0 Å². The van der Waals surface area contributed by atoms with Gasteiger partial charge < -0.3 is 34.2 Å². The molecule has 16 nitrogen and oxygen atoms in total. The van der Waals surface area contributed by atoms with Crippen LogP contribution in [0.5, 0.6) is 0 Å². The van der Waals surface area contributed by atoms with Crippen molar-refractivity contribution in [2.45, 2.75) is 463 Å². The highest BCUT2D eigenvalue weighted by atomic mass is 31.2. The van der Waals surface area contributed by atoms with Crippen LogP contribution in [0.2, 0.25) is 0 Å². The number of allylic oxidation sites excluding steroid dienone is 20. The zero-order chi connectivity index (χ0) is 86.5. The molecule has 18 heteroatoms. The molecule has 0 aromatic rings. The van der Waals surface area contributed by atoms with Crippen LogP contribution < -0.4 is 0 Å². The van der Waals surface area contributed by atoms with Gasteiger partial charge in [-0.25, -0.2) is 9.13 Å². The topological polar surface area (TPSA) is 231 Å². The Bertz CT molecular complexity index is 2640. The van der Waals surface area contributed by atoms with Crippen molar-refractivity contribution in [1.29, 1.82) is 0 Å². The van der Waals surface area contributed by atoms with E-state index < -0.39 is 91.5 Å². The van der Waals surface area contributed by atoms with Gasteiger partial charge in [0.2, 0.25) is 0 Å². The molecule has 690 valence electrons. The van der Waals surface area contributed by atoms with Crippen molar-refractivity contribution in [3.05, 3.63) is 122 Å². The first-order chi connectivity index (χ1) is 58.2. The zero-order valence-electron chi connectivity index (χ0n) is 76.3. The van der Waals surface area contributed by atoms with Crippen LogP contribution in [-0.4, -0.2) is 95.9 Å². The Morgan fingerprint density at radius 1 is 0.244 bits per heavy atom.